The Labute approximate surface area is 220 Å². The van der Waals surface area contributed by atoms with Crippen molar-refractivity contribution in [2.75, 3.05) is 27.7 Å². The molecule has 1 aromatic heterocycles. The summed E-state index contributed by atoms with van der Waals surface area (Å²) < 4.78 is 12.1. The number of esters is 1. The van der Waals surface area contributed by atoms with Gasteiger partial charge in [-0.2, -0.15) is 0 Å². The highest BCUT2D eigenvalue weighted by atomic mass is 16.5. The van der Waals surface area contributed by atoms with Gasteiger partial charge in [0, 0.05) is 31.7 Å². The highest BCUT2D eigenvalue weighted by Crippen LogP contribution is 2.25. The maximum absolute atomic E-state index is 12.1. The summed E-state index contributed by atoms with van der Waals surface area (Å²) in [5.41, 5.74) is 2.71. The van der Waals surface area contributed by atoms with Crippen LogP contribution in [0.25, 0.3) is 0 Å². The third-order valence-electron chi connectivity index (χ3n) is 6.88. The number of ether oxygens (including phenoxy) is 1. The van der Waals surface area contributed by atoms with Gasteiger partial charge in [0.25, 0.3) is 0 Å². The van der Waals surface area contributed by atoms with E-state index in [1.54, 1.807) is 0 Å². The monoisotopic (exact) mass is 507 g/mol. The van der Waals surface area contributed by atoms with E-state index in [0.29, 0.717) is 17.4 Å². The van der Waals surface area contributed by atoms with Gasteiger partial charge in [-0.1, -0.05) is 64.7 Å². The number of hydrogen-bond acceptors (Lipinski definition) is 5. The lowest BCUT2D eigenvalue weighted by molar-refractivity contribution is -0.873. The van der Waals surface area contributed by atoms with E-state index in [9.17, 15) is 14.7 Å². The predicted molar refractivity (Wildman–Crippen MR) is 144 cm³/mol. The van der Waals surface area contributed by atoms with E-state index < -0.39 is 12.1 Å². The second-order valence-corrected chi connectivity index (χ2v) is 11.5. The minimum atomic E-state index is -1.18. The van der Waals surface area contributed by atoms with Crippen LogP contribution in [0.1, 0.15) is 119 Å². The second-order valence-electron chi connectivity index (χ2n) is 11.5. The van der Waals surface area contributed by atoms with Crippen molar-refractivity contribution in [1.82, 2.24) is 0 Å². The lowest BCUT2D eigenvalue weighted by Gasteiger charge is -2.29. The minimum absolute atomic E-state index is 0.248. The van der Waals surface area contributed by atoms with Crippen molar-refractivity contribution in [2.45, 2.75) is 130 Å². The number of nitrogens with zero attached hydrogens (tertiary/aromatic N) is 1. The Morgan fingerprint density at radius 2 is 1.28 bits per heavy atom. The van der Waals surface area contributed by atoms with Crippen LogP contribution in [0.2, 0.25) is 0 Å². The molecule has 0 amide bonds. The van der Waals surface area contributed by atoms with Crippen molar-refractivity contribution in [2.24, 2.45) is 0 Å². The van der Waals surface area contributed by atoms with E-state index in [4.69, 9.17) is 9.15 Å². The predicted octanol–water partition coefficient (Wildman–Crippen LogP) is 5.83. The maximum atomic E-state index is 12.1. The van der Waals surface area contributed by atoms with Gasteiger partial charge in [0.1, 0.15) is 18.1 Å². The number of aryl methyl sites for hydroxylation is 2. The van der Waals surface area contributed by atoms with Crippen LogP contribution < -0.4 is 5.11 Å². The quantitative estimate of drug-likeness (QED) is 0.119. The number of carboxylic acid groups (broad SMARTS) is 1. The summed E-state index contributed by atoms with van der Waals surface area (Å²) in [6, 6.07) is 0. The third kappa shape index (κ3) is 14.7. The lowest BCUT2D eigenvalue weighted by atomic mass is 10.0. The Hall–Kier alpha value is -1.82. The molecule has 0 bridgehead atoms. The van der Waals surface area contributed by atoms with Gasteiger partial charge in [0.2, 0.25) is 0 Å². The molecule has 0 spiro atoms. The van der Waals surface area contributed by atoms with Crippen molar-refractivity contribution >= 4 is 11.9 Å². The van der Waals surface area contributed by atoms with Crippen molar-refractivity contribution in [3.05, 3.63) is 22.6 Å². The molecule has 0 aliphatic heterocycles. The van der Waals surface area contributed by atoms with Crippen LogP contribution in [0.4, 0.5) is 0 Å². The maximum Gasteiger partial charge on any atom is 0.306 e. The van der Waals surface area contributed by atoms with E-state index in [-0.39, 0.29) is 12.4 Å². The topological polar surface area (TPSA) is 79.6 Å². The number of likely N-dealkylation sites (N-methyl/N-ethyl adjacent to an activating group) is 1. The Bertz CT molecular complexity index is 762. The van der Waals surface area contributed by atoms with Crippen molar-refractivity contribution in [3.8, 4) is 0 Å². The van der Waals surface area contributed by atoms with Crippen LogP contribution in [-0.2, 0) is 27.2 Å². The molecule has 6 heteroatoms. The van der Waals surface area contributed by atoms with Crippen molar-refractivity contribution < 1.29 is 28.3 Å². The fraction of sp³-hybridized carbons (Fsp3) is 0.800. The number of aliphatic carboxylic acids is 1. The molecule has 1 heterocycles. The van der Waals surface area contributed by atoms with Crippen molar-refractivity contribution in [3.63, 3.8) is 0 Å². The SMILES string of the molecule is CCCCCc1oc(CCCCCCCCCCCC(=O)OC(CC(=O)[O-])C[N+](C)(C)C)c(C)c1C. The first-order valence-corrected chi connectivity index (χ1v) is 14.3. The first-order chi connectivity index (χ1) is 17.0. The first kappa shape index (κ1) is 32.2. The van der Waals surface area contributed by atoms with Gasteiger partial charge in [-0.25, -0.2) is 0 Å². The van der Waals surface area contributed by atoms with Gasteiger partial charge in [0.05, 0.1) is 21.1 Å². The second kappa shape index (κ2) is 17.6. The molecule has 208 valence electrons. The van der Waals surface area contributed by atoms with E-state index >= 15 is 0 Å². The third-order valence-corrected chi connectivity index (χ3v) is 6.88. The largest absolute Gasteiger partial charge is 0.550 e. The fourth-order valence-electron chi connectivity index (χ4n) is 4.71. The summed E-state index contributed by atoms with van der Waals surface area (Å²) in [6.07, 6.45) is 15.7. The molecule has 0 saturated carbocycles. The Kier molecular flexibility index (Phi) is 15.7. The molecule has 0 saturated heterocycles. The van der Waals surface area contributed by atoms with E-state index in [0.717, 1.165) is 32.1 Å². The molecule has 1 rings (SSSR count). The highest BCUT2D eigenvalue weighted by Gasteiger charge is 2.22. The Balaban J connectivity index is 2.09. The molecule has 1 unspecified atom stereocenters. The number of carboxylic acids is 1. The van der Waals surface area contributed by atoms with Crippen LogP contribution in [-0.4, -0.2) is 50.2 Å². The van der Waals surface area contributed by atoms with Gasteiger partial charge in [0.15, 0.2) is 6.10 Å². The summed E-state index contributed by atoms with van der Waals surface area (Å²) >= 11 is 0. The normalized spacial score (nSPS) is 12.6. The molecule has 0 radical (unpaired) electrons. The lowest BCUT2D eigenvalue weighted by Crippen LogP contribution is -2.45. The fourth-order valence-corrected chi connectivity index (χ4v) is 4.71. The van der Waals surface area contributed by atoms with Crippen molar-refractivity contribution in [1.29, 1.82) is 0 Å². The van der Waals surface area contributed by atoms with Crippen LogP contribution >= 0.6 is 0 Å². The van der Waals surface area contributed by atoms with Gasteiger partial charge in [-0.3, -0.25) is 4.79 Å². The average Bonchev–Trinajstić information content (AvgIpc) is 3.04. The molecule has 0 aromatic carbocycles. The molecule has 6 nitrogen and oxygen atoms in total. The summed E-state index contributed by atoms with van der Waals surface area (Å²) in [5.74, 6) is 0.913. The zero-order valence-corrected chi connectivity index (χ0v) is 24.1. The minimum Gasteiger partial charge on any atom is -0.550 e. The molecule has 0 aliphatic carbocycles. The summed E-state index contributed by atoms with van der Waals surface area (Å²) in [6.45, 7) is 7.10. The van der Waals surface area contributed by atoms with E-state index in [2.05, 4.69) is 20.8 Å². The Morgan fingerprint density at radius 1 is 0.806 bits per heavy atom. The van der Waals surface area contributed by atoms with E-state index in [1.165, 1.54) is 80.4 Å². The average molecular weight is 508 g/mol. The number of unbranched alkanes of at least 4 members (excludes halogenated alkanes) is 10. The van der Waals surface area contributed by atoms with Gasteiger partial charge >= 0.3 is 5.97 Å². The number of furan rings is 1. The number of carbonyl (C=O) groups excluding carboxylic acids is 2. The van der Waals surface area contributed by atoms with E-state index in [1.807, 2.05) is 21.1 Å². The van der Waals surface area contributed by atoms with Crippen LogP contribution in [0, 0.1) is 13.8 Å². The zero-order valence-electron chi connectivity index (χ0n) is 24.1. The summed E-state index contributed by atoms with van der Waals surface area (Å²) in [4.78, 5) is 23.0. The number of carbonyl (C=O) groups is 2. The molecule has 0 fully saturated rings. The van der Waals surface area contributed by atoms with Gasteiger partial charge in [-0.05, 0) is 44.2 Å². The molecule has 1 aromatic rings. The number of rotatable bonds is 21. The number of quaternary nitrogens is 1. The van der Waals surface area contributed by atoms with Crippen LogP contribution in [0.15, 0.2) is 4.42 Å². The van der Waals surface area contributed by atoms with Crippen LogP contribution in [0.5, 0.6) is 0 Å². The van der Waals surface area contributed by atoms with Crippen LogP contribution in [0.3, 0.4) is 0 Å². The number of hydrogen-bond donors (Lipinski definition) is 0. The zero-order chi connectivity index (χ0) is 27.0. The summed E-state index contributed by atoms with van der Waals surface area (Å²) in [7, 11) is 5.84. The Morgan fingerprint density at radius 3 is 1.75 bits per heavy atom. The molecular formula is C30H53NO5. The smallest absolute Gasteiger partial charge is 0.306 e. The molecular weight excluding hydrogens is 454 g/mol. The molecule has 0 N–H and O–H groups in total. The highest BCUT2D eigenvalue weighted by molar-refractivity contribution is 5.70. The first-order valence-electron chi connectivity index (χ1n) is 14.3. The van der Waals surface area contributed by atoms with Gasteiger partial charge in [-0.15, -0.1) is 0 Å². The van der Waals surface area contributed by atoms with Gasteiger partial charge < -0.3 is 23.5 Å². The summed E-state index contributed by atoms with van der Waals surface area (Å²) in [5, 5.41) is 10.9. The molecule has 0 aliphatic rings. The standard InChI is InChI=1S/C30H53NO5/c1-7-8-16-19-27-24(2)25(3)28(36-27)20-17-14-12-10-9-11-13-15-18-21-30(34)35-26(22-29(32)33)23-31(4,5)6/h26H,7-23H2,1-6H3. The molecule has 1 atom stereocenters. The molecule has 36 heavy (non-hydrogen) atoms.